The average molecular weight is 222 g/mol. The van der Waals surface area contributed by atoms with E-state index in [9.17, 15) is 9.90 Å². The van der Waals surface area contributed by atoms with Gasteiger partial charge in [0.2, 0.25) is 0 Å². The van der Waals surface area contributed by atoms with Crippen LogP contribution in [-0.2, 0) is 4.79 Å². The Labute approximate surface area is 97.7 Å². The van der Waals surface area contributed by atoms with Gasteiger partial charge in [-0.25, -0.2) is 0 Å². The highest BCUT2D eigenvalue weighted by molar-refractivity contribution is 5.93. The van der Waals surface area contributed by atoms with Crippen molar-refractivity contribution in [2.75, 3.05) is 0 Å². The molecule has 1 N–H and O–H groups in total. The van der Waals surface area contributed by atoms with E-state index >= 15 is 0 Å². The molecule has 2 heteroatoms. The van der Waals surface area contributed by atoms with Gasteiger partial charge in [-0.3, -0.25) is 4.79 Å². The summed E-state index contributed by atoms with van der Waals surface area (Å²) in [5.74, 6) is 0.418. The first-order valence-corrected chi connectivity index (χ1v) is 6.27. The van der Waals surface area contributed by atoms with Crippen molar-refractivity contribution in [3.05, 3.63) is 11.6 Å². The molecule has 1 saturated carbocycles. The smallest absolute Gasteiger partial charge is 0.155 e. The monoisotopic (exact) mass is 222 g/mol. The van der Waals surface area contributed by atoms with Crippen LogP contribution in [0, 0.1) is 11.3 Å². The van der Waals surface area contributed by atoms with Crippen molar-refractivity contribution >= 4 is 5.78 Å². The lowest BCUT2D eigenvalue weighted by molar-refractivity contribution is -0.117. The summed E-state index contributed by atoms with van der Waals surface area (Å²) in [5, 5.41) is 10.5. The normalized spacial score (nSPS) is 43.5. The summed E-state index contributed by atoms with van der Waals surface area (Å²) < 4.78 is 0. The van der Waals surface area contributed by atoms with Crippen LogP contribution in [-0.4, -0.2) is 16.5 Å². The van der Waals surface area contributed by atoms with Crippen LogP contribution in [0.5, 0.6) is 0 Å². The molecule has 1 fully saturated rings. The fraction of sp³-hybridized carbons (Fsp3) is 0.786. The van der Waals surface area contributed by atoms with Crippen molar-refractivity contribution in [2.45, 2.75) is 58.5 Å². The fourth-order valence-corrected chi connectivity index (χ4v) is 3.61. The molecule has 0 radical (unpaired) electrons. The molecule has 0 heterocycles. The van der Waals surface area contributed by atoms with Crippen LogP contribution < -0.4 is 0 Å². The number of carbonyl (C=O) groups excluding carboxylic acids is 1. The summed E-state index contributed by atoms with van der Waals surface area (Å²) in [5.41, 5.74) is 0.521. The van der Waals surface area contributed by atoms with Gasteiger partial charge in [-0.15, -0.1) is 0 Å². The summed E-state index contributed by atoms with van der Waals surface area (Å²) >= 11 is 0. The molecule has 0 aromatic rings. The zero-order valence-corrected chi connectivity index (χ0v) is 10.5. The van der Waals surface area contributed by atoms with Gasteiger partial charge in [-0.1, -0.05) is 19.4 Å². The number of aliphatic hydroxyl groups is 1. The molecular formula is C14H22O2. The number of carbonyl (C=O) groups is 1. The van der Waals surface area contributed by atoms with E-state index < -0.39 is 5.60 Å². The topological polar surface area (TPSA) is 37.3 Å². The van der Waals surface area contributed by atoms with Gasteiger partial charge < -0.3 is 5.11 Å². The average Bonchev–Trinajstić information content (AvgIpc) is 2.15. The molecule has 0 bridgehead atoms. The number of rotatable bonds is 1. The quantitative estimate of drug-likeness (QED) is 0.740. The molecule has 2 aliphatic carbocycles. The highest BCUT2D eigenvalue weighted by Gasteiger charge is 2.49. The standard InChI is InChI=1S/C14H22O2/c1-10(15)11-5-8-13(2)6-4-7-14(3,16)12(13)9-11/h5,12,16H,4,6-9H2,1-3H3/t12-,13-,14+/m0/s1. The summed E-state index contributed by atoms with van der Waals surface area (Å²) in [6.07, 6.45) is 6.96. The Bertz CT molecular complexity index is 341. The summed E-state index contributed by atoms with van der Waals surface area (Å²) in [6, 6.07) is 0. The van der Waals surface area contributed by atoms with Crippen molar-refractivity contribution in [2.24, 2.45) is 11.3 Å². The van der Waals surface area contributed by atoms with Crippen molar-refractivity contribution in [1.82, 2.24) is 0 Å². The first-order valence-electron chi connectivity index (χ1n) is 6.27. The van der Waals surface area contributed by atoms with E-state index in [1.165, 1.54) is 6.42 Å². The maximum Gasteiger partial charge on any atom is 0.155 e. The first-order chi connectivity index (χ1) is 7.35. The Morgan fingerprint density at radius 2 is 2.12 bits per heavy atom. The van der Waals surface area contributed by atoms with E-state index in [1.807, 2.05) is 6.92 Å². The molecule has 16 heavy (non-hydrogen) atoms. The Morgan fingerprint density at radius 1 is 1.44 bits per heavy atom. The molecular weight excluding hydrogens is 200 g/mol. The lowest BCUT2D eigenvalue weighted by Crippen LogP contribution is -2.49. The minimum atomic E-state index is -0.595. The zero-order valence-electron chi connectivity index (χ0n) is 10.5. The van der Waals surface area contributed by atoms with Crippen LogP contribution >= 0.6 is 0 Å². The minimum Gasteiger partial charge on any atom is -0.390 e. The molecule has 0 unspecified atom stereocenters. The maximum atomic E-state index is 11.4. The minimum absolute atomic E-state index is 0.170. The van der Waals surface area contributed by atoms with E-state index in [4.69, 9.17) is 0 Å². The second-order valence-corrected chi connectivity index (χ2v) is 6.11. The van der Waals surface area contributed by atoms with Gasteiger partial charge >= 0.3 is 0 Å². The third-order valence-electron chi connectivity index (χ3n) is 4.71. The van der Waals surface area contributed by atoms with Crippen molar-refractivity contribution in [3.63, 3.8) is 0 Å². The Hall–Kier alpha value is -0.630. The van der Waals surface area contributed by atoms with Crippen LogP contribution in [0.3, 0.4) is 0 Å². The lowest BCUT2D eigenvalue weighted by Gasteiger charge is -2.51. The van der Waals surface area contributed by atoms with Gasteiger partial charge in [0.25, 0.3) is 0 Å². The highest BCUT2D eigenvalue weighted by atomic mass is 16.3. The molecule has 0 spiro atoms. The second-order valence-electron chi connectivity index (χ2n) is 6.11. The number of hydrogen-bond donors (Lipinski definition) is 1. The van der Waals surface area contributed by atoms with Crippen LogP contribution in [0.4, 0.5) is 0 Å². The molecule has 0 amide bonds. The molecule has 0 aliphatic heterocycles. The molecule has 0 aromatic heterocycles. The third-order valence-corrected chi connectivity index (χ3v) is 4.71. The molecule has 2 nitrogen and oxygen atoms in total. The second kappa shape index (κ2) is 3.69. The number of hydrogen-bond acceptors (Lipinski definition) is 2. The predicted octanol–water partition coefficient (Wildman–Crippen LogP) is 2.85. The molecule has 2 aliphatic rings. The van der Waals surface area contributed by atoms with Gasteiger partial charge in [0.1, 0.15) is 0 Å². The number of allylic oxidation sites excluding steroid dienone is 2. The Balaban J connectivity index is 2.30. The fourth-order valence-electron chi connectivity index (χ4n) is 3.61. The van der Waals surface area contributed by atoms with Crippen LogP contribution in [0.25, 0.3) is 0 Å². The Morgan fingerprint density at radius 3 is 2.75 bits per heavy atom. The number of Topliss-reactive ketones (excluding diaryl/α,β-unsaturated/α-hetero) is 1. The lowest BCUT2D eigenvalue weighted by atomic mass is 9.55. The maximum absolute atomic E-state index is 11.4. The predicted molar refractivity (Wildman–Crippen MR) is 64.1 cm³/mol. The van der Waals surface area contributed by atoms with E-state index in [0.717, 1.165) is 31.3 Å². The Kier molecular flexibility index (Phi) is 2.73. The van der Waals surface area contributed by atoms with Crippen molar-refractivity contribution < 1.29 is 9.90 Å². The van der Waals surface area contributed by atoms with Gasteiger partial charge in [0, 0.05) is 0 Å². The van der Waals surface area contributed by atoms with Crippen LogP contribution in [0.15, 0.2) is 11.6 Å². The van der Waals surface area contributed by atoms with E-state index in [0.29, 0.717) is 0 Å². The number of fused-ring (bicyclic) bond motifs is 1. The SMILES string of the molecule is CC(=O)C1=CC[C@]2(C)CCC[C@@](C)(O)[C@H]2C1. The summed E-state index contributed by atoms with van der Waals surface area (Å²) in [7, 11) is 0. The molecule has 0 aromatic carbocycles. The third kappa shape index (κ3) is 1.84. The van der Waals surface area contributed by atoms with Gasteiger partial charge in [0.05, 0.1) is 5.60 Å². The summed E-state index contributed by atoms with van der Waals surface area (Å²) in [4.78, 5) is 11.4. The number of ketones is 1. The zero-order chi connectivity index (χ0) is 12.0. The van der Waals surface area contributed by atoms with E-state index in [-0.39, 0.29) is 17.1 Å². The molecule has 90 valence electrons. The largest absolute Gasteiger partial charge is 0.390 e. The molecule has 0 saturated heterocycles. The first kappa shape index (κ1) is 11.8. The molecule has 2 rings (SSSR count). The van der Waals surface area contributed by atoms with E-state index in [1.54, 1.807) is 6.92 Å². The van der Waals surface area contributed by atoms with Gasteiger partial charge in [-0.05, 0) is 56.4 Å². The highest BCUT2D eigenvalue weighted by Crippen LogP contribution is 2.53. The molecule has 3 atom stereocenters. The van der Waals surface area contributed by atoms with Crippen LogP contribution in [0.1, 0.15) is 52.9 Å². The van der Waals surface area contributed by atoms with Gasteiger partial charge in [-0.2, -0.15) is 0 Å². The van der Waals surface area contributed by atoms with E-state index in [2.05, 4.69) is 13.0 Å². The van der Waals surface area contributed by atoms with Crippen molar-refractivity contribution in [1.29, 1.82) is 0 Å². The summed E-state index contributed by atoms with van der Waals surface area (Å²) in [6.45, 7) is 5.84. The van der Waals surface area contributed by atoms with Gasteiger partial charge in [0.15, 0.2) is 5.78 Å². The van der Waals surface area contributed by atoms with Crippen LogP contribution in [0.2, 0.25) is 0 Å². The van der Waals surface area contributed by atoms with Crippen molar-refractivity contribution in [3.8, 4) is 0 Å².